The van der Waals surface area contributed by atoms with E-state index in [1.807, 2.05) is 16.4 Å². The van der Waals surface area contributed by atoms with Crippen LogP contribution in [0.25, 0.3) is 0 Å². The van der Waals surface area contributed by atoms with Crippen molar-refractivity contribution in [3.63, 3.8) is 0 Å². The topological polar surface area (TPSA) is 40.6 Å². The number of hydrogen-bond donors (Lipinski definition) is 0. The molecular formula is C19H27FN2O2S. The maximum Gasteiger partial charge on any atom is 0.282 e. The number of rotatable bonds is 3. The third kappa shape index (κ3) is 3.13. The van der Waals surface area contributed by atoms with Crippen molar-refractivity contribution in [1.29, 1.82) is 0 Å². The van der Waals surface area contributed by atoms with Crippen LogP contribution in [-0.4, -0.2) is 42.2 Å². The summed E-state index contributed by atoms with van der Waals surface area (Å²) >= 11 is 0. The molecule has 25 heavy (non-hydrogen) atoms. The van der Waals surface area contributed by atoms with E-state index in [1.54, 1.807) is 17.3 Å². The average Bonchev–Trinajstić information content (AvgIpc) is 2.89. The van der Waals surface area contributed by atoms with E-state index in [4.69, 9.17) is 0 Å². The van der Waals surface area contributed by atoms with E-state index in [9.17, 15) is 12.8 Å². The number of hydrogen-bond acceptors (Lipinski definition) is 2. The fourth-order valence-electron chi connectivity index (χ4n) is 4.93. The van der Waals surface area contributed by atoms with Crippen molar-refractivity contribution in [2.75, 3.05) is 13.1 Å². The summed E-state index contributed by atoms with van der Waals surface area (Å²) in [6, 6.07) is 5.56. The predicted molar refractivity (Wildman–Crippen MR) is 96.1 cm³/mol. The molecule has 6 heteroatoms. The Balaban J connectivity index is 1.54. The lowest BCUT2D eigenvalue weighted by atomic mass is 9.85. The van der Waals surface area contributed by atoms with Crippen LogP contribution in [0, 0.1) is 12.7 Å². The van der Waals surface area contributed by atoms with Crippen molar-refractivity contribution in [3.8, 4) is 0 Å². The Bertz CT molecular complexity index is 732. The molecule has 1 aromatic carbocycles. The van der Waals surface area contributed by atoms with Gasteiger partial charge in [-0.15, -0.1) is 0 Å². The molecule has 0 saturated carbocycles. The van der Waals surface area contributed by atoms with Gasteiger partial charge in [0.2, 0.25) is 0 Å². The molecule has 3 aliphatic heterocycles. The average molecular weight is 367 g/mol. The van der Waals surface area contributed by atoms with Crippen molar-refractivity contribution < 1.29 is 12.8 Å². The molecule has 3 fully saturated rings. The van der Waals surface area contributed by atoms with Crippen molar-refractivity contribution in [3.05, 3.63) is 35.1 Å². The van der Waals surface area contributed by atoms with Gasteiger partial charge in [0.1, 0.15) is 5.82 Å². The quantitative estimate of drug-likeness (QED) is 0.820. The second-order valence-electron chi connectivity index (χ2n) is 7.86. The monoisotopic (exact) mass is 366 g/mol. The van der Waals surface area contributed by atoms with Crippen molar-refractivity contribution >= 4 is 10.2 Å². The first kappa shape index (κ1) is 17.4. The van der Waals surface area contributed by atoms with Crippen molar-refractivity contribution in [2.24, 2.45) is 0 Å². The molecule has 3 saturated heterocycles. The summed E-state index contributed by atoms with van der Waals surface area (Å²) < 4.78 is 43.4. The van der Waals surface area contributed by atoms with Crippen molar-refractivity contribution in [2.45, 2.75) is 69.9 Å². The Kier molecular flexibility index (Phi) is 4.63. The molecule has 2 bridgehead atoms. The molecule has 4 nitrogen and oxygen atoms in total. The summed E-state index contributed by atoms with van der Waals surface area (Å²) in [5.41, 5.74) is 1.83. The zero-order valence-corrected chi connectivity index (χ0v) is 15.6. The SMILES string of the molecule is Cc1cc(C2C[C@H]3CC[C@@H](C2)N3S(=O)(=O)N2CCCCC2)ccc1F. The molecule has 138 valence electrons. The first-order valence-electron chi connectivity index (χ1n) is 9.51. The van der Waals surface area contributed by atoms with E-state index < -0.39 is 10.2 Å². The van der Waals surface area contributed by atoms with Gasteiger partial charge >= 0.3 is 0 Å². The molecule has 0 amide bonds. The Morgan fingerprint density at radius 1 is 1.04 bits per heavy atom. The third-order valence-corrected chi connectivity index (χ3v) is 8.37. The Labute approximate surface area is 150 Å². The number of aryl methyl sites for hydroxylation is 1. The van der Waals surface area contributed by atoms with Gasteiger partial charge in [-0.3, -0.25) is 0 Å². The van der Waals surface area contributed by atoms with Gasteiger partial charge in [-0.05, 0) is 68.6 Å². The number of fused-ring (bicyclic) bond motifs is 2. The highest BCUT2D eigenvalue weighted by molar-refractivity contribution is 7.86. The van der Waals surface area contributed by atoms with Gasteiger partial charge in [0, 0.05) is 25.2 Å². The van der Waals surface area contributed by atoms with Gasteiger partial charge in [0.15, 0.2) is 0 Å². The first-order chi connectivity index (χ1) is 12.0. The highest BCUT2D eigenvalue weighted by Gasteiger charge is 2.48. The minimum Gasteiger partial charge on any atom is -0.207 e. The number of piperidine rings is 2. The van der Waals surface area contributed by atoms with E-state index in [2.05, 4.69) is 0 Å². The maximum atomic E-state index is 13.6. The van der Waals surface area contributed by atoms with Crippen LogP contribution in [0.5, 0.6) is 0 Å². The van der Waals surface area contributed by atoms with Crippen LogP contribution in [0.1, 0.15) is 62.0 Å². The van der Waals surface area contributed by atoms with Gasteiger partial charge in [-0.1, -0.05) is 18.6 Å². The zero-order chi connectivity index (χ0) is 17.6. The van der Waals surface area contributed by atoms with Gasteiger partial charge in [0.05, 0.1) is 0 Å². The number of halogens is 1. The van der Waals surface area contributed by atoms with Crippen LogP contribution in [-0.2, 0) is 10.2 Å². The molecule has 0 radical (unpaired) electrons. The minimum atomic E-state index is -3.33. The normalized spacial score (nSPS) is 31.4. The van der Waals surface area contributed by atoms with Gasteiger partial charge in [0.25, 0.3) is 10.2 Å². The van der Waals surface area contributed by atoms with Gasteiger partial charge in [-0.2, -0.15) is 17.0 Å². The summed E-state index contributed by atoms with van der Waals surface area (Å²) in [4.78, 5) is 0. The zero-order valence-electron chi connectivity index (χ0n) is 14.8. The van der Waals surface area contributed by atoms with Crippen LogP contribution >= 0.6 is 0 Å². The summed E-state index contributed by atoms with van der Waals surface area (Å²) in [7, 11) is -3.33. The number of nitrogens with zero attached hydrogens (tertiary/aromatic N) is 2. The largest absolute Gasteiger partial charge is 0.282 e. The molecule has 3 atom stereocenters. The summed E-state index contributed by atoms with van der Waals surface area (Å²) in [6.07, 6.45) is 6.69. The standard InChI is InChI=1S/C19H27FN2O2S/c1-14-11-15(5-8-19(14)20)16-12-17-6-7-18(13-16)22(17)25(23,24)21-9-3-2-4-10-21/h5,8,11,16-18H,2-4,6-7,9-10,12-13H2,1H3/t16?,17-,18+. The van der Waals surface area contributed by atoms with Crippen molar-refractivity contribution in [1.82, 2.24) is 8.61 Å². The van der Waals surface area contributed by atoms with E-state index >= 15 is 0 Å². The molecule has 0 spiro atoms. The van der Waals surface area contributed by atoms with Crippen LogP contribution in [0.3, 0.4) is 0 Å². The molecule has 1 unspecified atom stereocenters. The molecule has 3 aliphatic rings. The molecule has 0 aliphatic carbocycles. The molecule has 3 heterocycles. The van der Waals surface area contributed by atoms with Crippen LogP contribution in [0.4, 0.5) is 4.39 Å². The predicted octanol–water partition coefficient (Wildman–Crippen LogP) is 3.58. The molecule has 4 rings (SSSR count). The Morgan fingerprint density at radius 3 is 2.28 bits per heavy atom. The second-order valence-corrected chi connectivity index (χ2v) is 9.69. The van der Waals surface area contributed by atoms with Gasteiger partial charge < -0.3 is 0 Å². The van der Waals surface area contributed by atoms with Crippen LogP contribution in [0.15, 0.2) is 18.2 Å². The van der Waals surface area contributed by atoms with E-state index in [0.29, 0.717) is 24.6 Å². The summed E-state index contributed by atoms with van der Waals surface area (Å²) in [5.74, 6) is 0.168. The molecule has 0 N–H and O–H groups in total. The molecular weight excluding hydrogens is 339 g/mol. The highest BCUT2D eigenvalue weighted by Crippen LogP contribution is 2.45. The maximum absolute atomic E-state index is 13.6. The fourth-order valence-corrected chi connectivity index (χ4v) is 7.06. The molecule has 0 aromatic heterocycles. The second kappa shape index (κ2) is 6.63. The smallest absolute Gasteiger partial charge is 0.207 e. The Morgan fingerprint density at radius 2 is 1.68 bits per heavy atom. The lowest BCUT2D eigenvalue weighted by Gasteiger charge is -2.41. The van der Waals surface area contributed by atoms with Crippen LogP contribution < -0.4 is 0 Å². The molecule has 1 aromatic rings. The Hall–Kier alpha value is -0.980. The van der Waals surface area contributed by atoms with E-state index in [-0.39, 0.29) is 17.9 Å². The van der Waals surface area contributed by atoms with E-state index in [0.717, 1.165) is 50.5 Å². The number of benzene rings is 1. The highest BCUT2D eigenvalue weighted by atomic mass is 32.2. The fraction of sp³-hybridized carbons (Fsp3) is 0.684. The minimum absolute atomic E-state index is 0.0982. The lowest BCUT2D eigenvalue weighted by molar-refractivity contribution is 0.203. The third-order valence-electron chi connectivity index (χ3n) is 6.23. The summed E-state index contributed by atoms with van der Waals surface area (Å²) in [6.45, 7) is 3.13. The first-order valence-corrected chi connectivity index (χ1v) is 10.9. The summed E-state index contributed by atoms with van der Waals surface area (Å²) in [5, 5.41) is 0. The van der Waals surface area contributed by atoms with Crippen LogP contribution in [0.2, 0.25) is 0 Å². The van der Waals surface area contributed by atoms with E-state index in [1.165, 1.54) is 0 Å². The van der Waals surface area contributed by atoms with Gasteiger partial charge in [-0.25, -0.2) is 4.39 Å². The lowest BCUT2D eigenvalue weighted by Crippen LogP contribution is -2.53.